The highest BCUT2D eigenvalue weighted by Gasteiger charge is 2.46. The van der Waals surface area contributed by atoms with Crippen molar-refractivity contribution in [2.24, 2.45) is 11.8 Å². The van der Waals surface area contributed by atoms with Crippen molar-refractivity contribution < 1.29 is 19.1 Å². The molecule has 0 radical (unpaired) electrons. The molecule has 1 fully saturated rings. The van der Waals surface area contributed by atoms with Crippen LogP contribution in [0.4, 0.5) is 0 Å². The summed E-state index contributed by atoms with van der Waals surface area (Å²) < 4.78 is 5.18. The standard InChI is InChI=1S/C18H19NO4/c20-16(23-12-13-6-2-1-3-7-13)10-11-19-17(21)14-8-4-5-9-15(14)18(19)22/h1-7,14-15H,8-12H2/t14-,15+. The molecule has 0 saturated carbocycles. The first kappa shape index (κ1) is 15.5. The number of fused-ring (bicyclic) bond motifs is 1. The third-order valence-electron chi connectivity index (χ3n) is 4.38. The minimum atomic E-state index is -0.401. The van der Waals surface area contributed by atoms with E-state index in [4.69, 9.17) is 4.74 Å². The molecule has 2 aliphatic rings. The summed E-state index contributed by atoms with van der Waals surface area (Å²) in [4.78, 5) is 37.6. The number of hydrogen-bond acceptors (Lipinski definition) is 4. The first-order chi connectivity index (χ1) is 11.2. The van der Waals surface area contributed by atoms with Crippen molar-refractivity contribution in [1.29, 1.82) is 0 Å². The van der Waals surface area contributed by atoms with Crippen LogP contribution in [0.25, 0.3) is 0 Å². The van der Waals surface area contributed by atoms with Crippen LogP contribution in [0.1, 0.15) is 24.8 Å². The summed E-state index contributed by atoms with van der Waals surface area (Å²) in [7, 11) is 0. The molecule has 120 valence electrons. The van der Waals surface area contributed by atoms with Gasteiger partial charge in [0.05, 0.1) is 18.3 Å². The van der Waals surface area contributed by atoms with Gasteiger partial charge in [-0.3, -0.25) is 19.3 Å². The van der Waals surface area contributed by atoms with Gasteiger partial charge in [-0.1, -0.05) is 42.5 Å². The Morgan fingerprint density at radius 1 is 1.04 bits per heavy atom. The molecular formula is C18H19NO4. The molecule has 0 aromatic heterocycles. The van der Waals surface area contributed by atoms with Crippen LogP contribution < -0.4 is 0 Å². The van der Waals surface area contributed by atoms with Crippen molar-refractivity contribution in [2.45, 2.75) is 25.9 Å². The van der Waals surface area contributed by atoms with Gasteiger partial charge in [-0.05, 0) is 18.4 Å². The molecule has 1 aromatic rings. The summed E-state index contributed by atoms with van der Waals surface area (Å²) in [6.45, 7) is 0.315. The van der Waals surface area contributed by atoms with Crippen LogP contribution in [0, 0.1) is 11.8 Å². The van der Waals surface area contributed by atoms with E-state index in [1.54, 1.807) is 0 Å². The van der Waals surface area contributed by atoms with Crippen molar-refractivity contribution in [3.8, 4) is 0 Å². The largest absolute Gasteiger partial charge is 0.461 e. The van der Waals surface area contributed by atoms with Crippen LogP contribution >= 0.6 is 0 Å². The second kappa shape index (κ2) is 6.77. The molecule has 3 rings (SSSR count). The number of ether oxygens (including phenoxy) is 1. The van der Waals surface area contributed by atoms with Crippen LogP contribution in [-0.2, 0) is 25.7 Å². The zero-order valence-corrected chi connectivity index (χ0v) is 12.8. The maximum Gasteiger partial charge on any atom is 0.307 e. The molecule has 1 aliphatic heterocycles. The van der Waals surface area contributed by atoms with E-state index >= 15 is 0 Å². The summed E-state index contributed by atoms with van der Waals surface area (Å²) >= 11 is 0. The lowest BCUT2D eigenvalue weighted by Crippen LogP contribution is -2.33. The Morgan fingerprint density at radius 2 is 1.65 bits per heavy atom. The summed E-state index contributed by atoms with van der Waals surface area (Å²) in [5, 5.41) is 0. The van der Waals surface area contributed by atoms with Crippen molar-refractivity contribution in [2.75, 3.05) is 6.54 Å². The Balaban J connectivity index is 1.49. The van der Waals surface area contributed by atoms with Gasteiger partial charge in [0.25, 0.3) is 0 Å². The Kier molecular flexibility index (Phi) is 4.55. The molecule has 1 heterocycles. The smallest absolute Gasteiger partial charge is 0.307 e. The van der Waals surface area contributed by atoms with E-state index in [-0.39, 0.29) is 43.2 Å². The zero-order valence-electron chi connectivity index (χ0n) is 12.8. The fourth-order valence-corrected chi connectivity index (χ4v) is 3.10. The maximum absolute atomic E-state index is 12.3. The molecule has 0 N–H and O–H groups in total. The molecule has 2 atom stereocenters. The fraction of sp³-hybridized carbons (Fsp3) is 0.389. The van der Waals surface area contributed by atoms with Crippen LogP contribution in [0.5, 0.6) is 0 Å². The molecule has 2 amide bonds. The van der Waals surface area contributed by atoms with Gasteiger partial charge in [-0.25, -0.2) is 0 Å². The second-order valence-corrected chi connectivity index (χ2v) is 5.88. The number of likely N-dealkylation sites (tertiary alicyclic amines) is 1. The van der Waals surface area contributed by atoms with Crippen molar-refractivity contribution >= 4 is 17.8 Å². The minimum absolute atomic E-state index is 0.0389. The highest BCUT2D eigenvalue weighted by atomic mass is 16.5. The topological polar surface area (TPSA) is 63.7 Å². The van der Waals surface area contributed by atoms with E-state index in [2.05, 4.69) is 0 Å². The molecule has 0 spiro atoms. The fourth-order valence-electron chi connectivity index (χ4n) is 3.10. The number of carbonyl (C=O) groups is 3. The molecule has 0 bridgehead atoms. The predicted octanol–water partition coefficient (Wildman–Crippen LogP) is 2.07. The van der Waals surface area contributed by atoms with Crippen LogP contribution in [0.15, 0.2) is 42.5 Å². The third kappa shape index (κ3) is 3.33. The molecule has 1 saturated heterocycles. The van der Waals surface area contributed by atoms with Gasteiger partial charge in [0.15, 0.2) is 0 Å². The van der Waals surface area contributed by atoms with Gasteiger partial charge in [0.1, 0.15) is 6.61 Å². The first-order valence-corrected chi connectivity index (χ1v) is 7.86. The minimum Gasteiger partial charge on any atom is -0.461 e. The Bertz CT molecular complexity index is 612. The van der Waals surface area contributed by atoms with E-state index in [9.17, 15) is 14.4 Å². The van der Waals surface area contributed by atoms with Gasteiger partial charge in [0, 0.05) is 6.54 Å². The predicted molar refractivity (Wildman–Crippen MR) is 82.9 cm³/mol. The van der Waals surface area contributed by atoms with E-state index in [0.29, 0.717) is 12.8 Å². The van der Waals surface area contributed by atoms with Crippen molar-refractivity contribution in [3.05, 3.63) is 48.0 Å². The number of allylic oxidation sites excluding steroid dienone is 2. The lowest BCUT2D eigenvalue weighted by molar-refractivity contribution is -0.146. The average Bonchev–Trinajstić information content (AvgIpc) is 2.83. The Labute approximate surface area is 134 Å². The number of carbonyl (C=O) groups excluding carboxylic acids is 3. The summed E-state index contributed by atoms with van der Waals surface area (Å²) in [5.41, 5.74) is 0.909. The number of imide groups is 1. The lowest BCUT2D eigenvalue weighted by atomic mass is 9.85. The molecular weight excluding hydrogens is 294 g/mol. The van der Waals surface area contributed by atoms with E-state index < -0.39 is 5.97 Å². The highest BCUT2D eigenvalue weighted by molar-refractivity contribution is 6.05. The SMILES string of the molecule is O=C(CCN1C(=O)[C@H]2CC=CC[C@H]2C1=O)OCc1ccccc1. The van der Waals surface area contributed by atoms with E-state index in [1.165, 1.54) is 4.90 Å². The van der Waals surface area contributed by atoms with Crippen LogP contribution in [0.3, 0.4) is 0 Å². The molecule has 5 heteroatoms. The van der Waals surface area contributed by atoms with Crippen LogP contribution in [0.2, 0.25) is 0 Å². The van der Waals surface area contributed by atoms with Gasteiger partial charge < -0.3 is 4.74 Å². The Morgan fingerprint density at radius 3 is 2.26 bits per heavy atom. The van der Waals surface area contributed by atoms with Gasteiger partial charge in [-0.2, -0.15) is 0 Å². The number of amides is 2. The molecule has 23 heavy (non-hydrogen) atoms. The van der Waals surface area contributed by atoms with Crippen molar-refractivity contribution in [1.82, 2.24) is 4.90 Å². The van der Waals surface area contributed by atoms with Gasteiger partial charge in [-0.15, -0.1) is 0 Å². The quantitative estimate of drug-likeness (QED) is 0.474. The summed E-state index contributed by atoms with van der Waals surface area (Å²) in [5.74, 6) is -1.19. The number of rotatable bonds is 5. The third-order valence-corrected chi connectivity index (χ3v) is 4.38. The molecule has 1 aliphatic carbocycles. The highest BCUT2D eigenvalue weighted by Crippen LogP contribution is 2.34. The molecule has 5 nitrogen and oxygen atoms in total. The van der Waals surface area contributed by atoms with E-state index in [0.717, 1.165) is 5.56 Å². The first-order valence-electron chi connectivity index (χ1n) is 7.86. The number of benzene rings is 1. The van der Waals surface area contributed by atoms with E-state index in [1.807, 2.05) is 42.5 Å². The average molecular weight is 313 g/mol. The number of hydrogen-bond donors (Lipinski definition) is 0. The Hall–Kier alpha value is -2.43. The summed E-state index contributed by atoms with van der Waals surface area (Å²) in [6.07, 6.45) is 5.17. The normalized spacial score (nSPS) is 23.0. The monoisotopic (exact) mass is 313 g/mol. The number of esters is 1. The van der Waals surface area contributed by atoms with Crippen molar-refractivity contribution in [3.63, 3.8) is 0 Å². The van der Waals surface area contributed by atoms with Crippen LogP contribution in [-0.4, -0.2) is 29.2 Å². The maximum atomic E-state index is 12.3. The zero-order chi connectivity index (χ0) is 16.2. The summed E-state index contributed by atoms with van der Waals surface area (Å²) in [6, 6.07) is 9.39. The molecule has 0 unspecified atom stereocenters. The molecule has 1 aromatic carbocycles. The second-order valence-electron chi connectivity index (χ2n) is 5.88. The lowest BCUT2D eigenvalue weighted by Gasteiger charge is -2.14. The van der Waals surface area contributed by atoms with Gasteiger partial charge in [0.2, 0.25) is 11.8 Å². The van der Waals surface area contributed by atoms with Gasteiger partial charge >= 0.3 is 5.97 Å². The number of nitrogens with zero attached hydrogens (tertiary/aromatic N) is 1.